The molecule has 0 saturated carbocycles. The van der Waals surface area contributed by atoms with Crippen LogP contribution in [0.5, 0.6) is 0 Å². The summed E-state index contributed by atoms with van der Waals surface area (Å²) in [6.45, 7) is 8.79. The second-order valence-electron chi connectivity index (χ2n) is 7.43. The third kappa shape index (κ3) is 4.28. The molecule has 0 fully saturated rings. The smallest absolute Gasteiger partial charge is 0.250 e. The molecule has 0 saturated heterocycles. The van der Waals surface area contributed by atoms with Crippen LogP contribution in [0.25, 0.3) is 21.7 Å². The van der Waals surface area contributed by atoms with Crippen LogP contribution in [0.4, 0.5) is 0 Å². The van der Waals surface area contributed by atoms with E-state index in [1.54, 1.807) is 6.21 Å². The molecule has 0 spiro atoms. The Balaban J connectivity index is 1.48. The van der Waals surface area contributed by atoms with Gasteiger partial charge in [0, 0.05) is 28.1 Å². The van der Waals surface area contributed by atoms with Gasteiger partial charge in [0.05, 0.1) is 17.5 Å². The van der Waals surface area contributed by atoms with Crippen molar-refractivity contribution in [3.8, 4) is 0 Å². The summed E-state index contributed by atoms with van der Waals surface area (Å²) in [5, 5.41) is 7.71. The van der Waals surface area contributed by atoms with Crippen LogP contribution in [0, 0.1) is 13.8 Å². The fraction of sp³-hybridized carbons (Fsp3) is 0.154. The first kappa shape index (κ1) is 20.9. The van der Waals surface area contributed by atoms with Gasteiger partial charge in [0.2, 0.25) is 5.91 Å². The molecule has 0 aliphatic heterocycles. The highest BCUT2D eigenvalue weighted by Gasteiger charge is 2.13. The molecule has 0 radical (unpaired) electrons. The van der Waals surface area contributed by atoms with Gasteiger partial charge in [0.1, 0.15) is 0 Å². The molecule has 156 valence electrons. The largest absolute Gasteiger partial charge is 0.340 e. The van der Waals surface area contributed by atoms with Gasteiger partial charge in [-0.2, -0.15) is 5.10 Å². The van der Waals surface area contributed by atoms with Gasteiger partial charge in [0.15, 0.2) is 0 Å². The zero-order chi connectivity index (χ0) is 21.8. The fourth-order valence-electron chi connectivity index (χ4n) is 3.93. The zero-order valence-electron chi connectivity index (χ0n) is 17.8. The molecule has 1 heterocycles. The van der Waals surface area contributed by atoms with Gasteiger partial charge in [-0.3, -0.25) is 4.79 Å². The van der Waals surface area contributed by atoms with E-state index < -0.39 is 0 Å². The van der Waals surface area contributed by atoms with E-state index in [-0.39, 0.29) is 5.91 Å². The van der Waals surface area contributed by atoms with Crippen LogP contribution in [0.1, 0.15) is 16.8 Å². The zero-order valence-corrected chi connectivity index (χ0v) is 18.6. The van der Waals surface area contributed by atoms with E-state index in [1.165, 1.54) is 28.2 Å². The maximum absolute atomic E-state index is 12.4. The van der Waals surface area contributed by atoms with Crippen LogP contribution < -0.4 is 5.43 Å². The van der Waals surface area contributed by atoms with Gasteiger partial charge in [-0.15, -0.1) is 18.3 Å². The number of benzene rings is 3. The molecule has 0 unspecified atom stereocenters. The predicted molar refractivity (Wildman–Crippen MR) is 132 cm³/mol. The maximum atomic E-state index is 12.4. The molecular weight excluding hydrogens is 402 g/mol. The quantitative estimate of drug-likeness (QED) is 0.174. The van der Waals surface area contributed by atoms with E-state index >= 15 is 0 Å². The van der Waals surface area contributed by atoms with Crippen LogP contribution in [-0.4, -0.2) is 22.4 Å². The summed E-state index contributed by atoms with van der Waals surface area (Å²) in [5.74, 6) is 0.180. The summed E-state index contributed by atoms with van der Waals surface area (Å²) >= 11 is 1.52. The number of allylic oxidation sites excluding steroid dienone is 1. The summed E-state index contributed by atoms with van der Waals surface area (Å²) < 4.78 is 2.23. The monoisotopic (exact) mass is 427 g/mol. The van der Waals surface area contributed by atoms with E-state index in [0.29, 0.717) is 5.75 Å². The highest BCUT2D eigenvalue weighted by molar-refractivity contribution is 8.00. The number of amides is 1. The van der Waals surface area contributed by atoms with E-state index in [1.807, 2.05) is 36.4 Å². The molecule has 0 atom stereocenters. The van der Waals surface area contributed by atoms with Gasteiger partial charge < -0.3 is 4.57 Å². The number of nitrogens with zero attached hydrogens (tertiary/aromatic N) is 2. The number of aryl methyl sites for hydroxylation is 1. The number of para-hydroxylation sites is 1. The van der Waals surface area contributed by atoms with Crippen LogP contribution in [0.3, 0.4) is 0 Å². The number of hydrogen-bond acceptors (Lipinski definition) is 3. The van der Waals surface area contributed by atoms with Crippen LogP contribution in [0.2, 0.25) is 0 Å². The first-order valence-corrected chi connectivity index (χ1v) is 11.2. The first-order chi connectivity index (χ1) is 15.1. The number of fused-ring (bicyclic) bond motifs is 2. The average molecular weight is 428 g/mol. The van der Waals surface area contributed by atoms with Gasteiger partial charge in [-0.1, -0.05) is 60.7 Å². The number of nitrogens with one attached hydrogen (secondary N) is 1. The second kappa shape index (κ2) is 9.23. The fourth-order valence-corrected chi connectivity index (χ4v) is 4.80. The molecule has 5 heteroatoms. The normalized spacial score (nSPS) is 11.4. The Morgan fingerprint density at radius 3 is 2.65 bits per heavy atom. The Kier molecular flexibility index (Phi) is 6.23. The second-order valence-corrected chi connectivity index (χ2v) is 8.45. The highest BCUT2D eigenvalue weighted by Crippen LogP contribution is 2.28. The summed E-state index contributed by atoms with van der Waals surface area (Å²) in [6.07, 6.45) is 3.64. The first-order valence-electron chi connectivity index (χ1n) is 10.2. The standard InChI is InChI=1S/C26H25N3OS/c1-4-15-29-19(3)23(22-13-7-9-18(2)26(22)29)16-27-28-25(30)17-31-24-14-8-11-20-10-5-6-12-21(20)24/h4-14,16H,1,15,17H2,2-3H3,(H,28,30)/b27-16-. The van der Waals surface area contributed by atoms with E-state index in [0.717, 1.165) is 33.5 Å². The van der Waals surface area contributed by atoms with Crippen LogP contribution in [0.15, 0.2) is 83.3 Å². The molecular formula is C26H25N3OS. The lowest BCUT2D eigenvalue weighted by Crippen LogP contribution is -2.19. The lowest BCUT2D eigenvalue weighted by molar-refractivity contribution is -0.118. The lowest BCUT2D eigenvalue weighted by atomic mass is 10.1. The van der Waals surface area contributed by atoms with Crippen LogP contribution in [-0.2, 0) is 11.3 Å². The number of carbonyl (C=O) groups is 1. The number of hydrazone groups is 1. The van der Waals surface area contributed by atoms with Gasteiger partial charge in [0.25, 0.3) is 0 Å². The van der Waals surface area contributed by atoms with E-state index in [9.17, 15) is 4.79 Å². The molecule has 4 rings (SSSR count). The summed E-state index contributed by atoms with van der Waals surface area (Å²) in [6, 6.07) is 20.6. The predicted octanol–water partition coefficient (Wildman–Crippen LogP) is 5.84. The van der Waals surface area contributed by atoms with Crippen molar-refractivity contribution in [2.75, 3.05) is 5.75 Å². The van der Waals surface area contributed by atoms with Crippen molar-refractivity contribution in [1.29, 1.82) is 0 Å². The Labute approximate surface area is 186 Å². The van der Waals surface area contributed by atoms with Crippen molar-refractivity contribution < 1.29 is 4.79 Å². The Bertz CT molecular complexity index is 1300. The van der Waals surface area contributed by atoms with Crippen molar-refractivity contribution in [3.05, 3.63) is 90.1 Å². The summed E-state index contributed by atoms with van der Waals surface area (Å²) in [5.41, 5.74) is 7.18. The van der Waals surface area contributed by atoms with Crippen molar-refractivity contribution in [2.45, 2.75) is 25.3 Å². The maximum Gasteiger partial charge on any atom is 0.250 e. The molecule has 4 nitrogen and oxygen atoms in total. The minimum Gasteiger partial charge on any atom is -0.340 e. The van der Waals surface area contributed by atoms with E-state index in [2.05, 4.69) is 65.9 Å². The van der Waals surface area contributed by atoms with Gasteiger partial charge in [-0.05, 0) is 36.2 Å². The van der Waals surface area contributed by atoms with Crippen molar-refractivity contribution >= 4 is 45.6 Å². The Hall–Kier alpha value is -3.31. The number of rotatable bonds is 7. The molecule has 4 aromatic rings. The van der Waals surface area contributed by atoms with Gasteiger partial charge in [-0.25, -0.2) is 5.43 Å². The SMILES string of the molecule is C=CCn1c(C)c(/C=N\NC(=O)CSc2cccc3ccccc23)c2cccc(C)c21. The molecule has 0 bridgehead atoms. The van der Waals surface area contributed by atoms with E-state index in [4.69, 9.17) is 0 Å². The van der Waals surface area contributed by atoms with Crippen molar-refractivity contribution in [1.82, 2.24) is 9.99 Å². The summed E-state index contributed by atoms with van der Waals surface area (Å²) in [7, 11) is 0. The minimum absolute atomic E-state index is 0.127. The molecule has 3 aromatic carbocycles. The lowest BCUT2D eigenvalue weighted by Gasteiger charge is -2.06. The molecule has 1 N–H and O–H groups in total. The third-order valence-electron chi connectivity index (χ3n) is 5.40. The average Bonchev–Trinajstić information content (AvgIpc) is 3.05. The molecule has 0 aliphatic rings. The molecule has 31 heavy (non-hydrogen) atoms. The Morgan fingerprint density at radius 2 is 1.81 bits per heavy atom. The van der Waals surface area contributed by atoms with Crippen LogP contribution >= 0.6 is 11.8 Å². The van der Waals surface area contributed by atoms with Crippen molar-refractivity contribution in [3.63, 3.8) is 0 Å². The Morgan fingerprint density at radius 1 is 1.06 bits per heavy atom. The topological polar surface area (TPSA) is 46.4 Å². The third-order valence-corrected chi connectivity index (χ3v) is 6.47. The van der Waals surface area contributed by atoms with Crippen molar-refractivity contribution in [2.24, 2.45) is 5.10 Å². The summed E-state index contributed by atoms with van der Waals surface area (Å²) in [4.78, 5) is 13.5. The number of carbonyl (C=O) groups excluding carboxylic acids is 1. The number of thioether (sulfide) groups is 1. The molecule has 1 amide bonds. The van der Waals surface area contributed by atoms with Gasteiger partial charge >= 0.3 is 0 Å². The number of hydrogen-bond donors (Lipinski definition) is 1. The molecule has 1 aromatic heterocycles. The minimum atomic E-state index is -0.127. The molecule has 0 aliphatic carbocycles. The number of aromatic nitrogens is 1. The highest BCUT2D eigenvalue weighted by atomic mass is 32.2.